The van der Waals surface area contributed by atoms with E-state index >= 15 is 0 Å². The first-order valence-corrected chi connectivity index (χ1v) is 14.1. The normalized spacial score (nSPS) is 14.4. The second-order valence-corrected chi connectivity index (χ2v) is 10.6. The summed E-state index contributed by atoms with van der Waals surface area (Å²) in [7, 11) is 2.86. The molecule has 5 rings (SSSR count). The van der Waals surface area contributed by atoms with Gasteiger partial charge in [0.2, 0.25) is 11.8 Å². The highest BCUT2D eigenvalue weighted by Gasteiger charge is 2.21. The van der Waals surface area contributed by atoms with Crippen LogP contribution in [0.3, 0.4) is 0 Å². The summed E-state index contributed by atoms with van der Waals surface area (Å²) in [6.07, 6.45) is 2.48. The van der Waals surface area contributed by atoms with Gasteiger partial charge in [-0.05, 0) is 36.6 Å². The molecule has 11 nitrogen and oxygen atoms in total. The van der Waals surface area contributed by atoms with E-state index in [1.807, 2.05) is 43.3 Å². The summed E-state index contributed by atoms with van der Waals surface area (Å²) < 4.78 is 6.42. The van der Waals surface area contributed by atoms with Gasteiger partial charge in [0.05, 0.1) is 17.8 Å². The quantitative estimate of drug-likeness (QED) is 0.230. The summed E-state index contributed by atoms with van der Waals surface area (Å²) >= 11 is 6.97. The van der Waals surface area contributed by atoms with Crippen LogP contribution in [0.1, 0.15) is 34.3 Å². The summed E-state index contributed by atoms with van der Waals surface area (Å²) in [6, 6.07) is 15.0. The van der Waals surface area contributed by atoms with Crippen LogP contribution in [-0.4, -0.2) is 46.0 Å². The average Bonchev–Trinajstić information content (AvgIpc) is 3.42. The molecule has 0 unspecified atom stereocenters. The Morgan fingerprint density at radius 1 is 1.09 bits per heavy atom. The van der Waals surface area contributed by atoms with Gasteiger partial charge in [-0.15, -0.1) is 0 Å². The molecular weight excluding hydrogens is 572 g/mol. The summed E-state index contributed by atoms with van der Waals surface area (Å²) in [5, 5.41) is 9.55. The largest absolute Gasteiger partial charge is 0.481 e. The molecule has 1 atom stereocenters. The first-order chi connectivity index (χ1) is 20.7. The molecule has 12 heteroatoms. The number of anilines is 1. The number of hydrogen-bond acceptors (Lipinski definition) is 7. The lowest BCUT2D eigenvalue weighted by Gasteiger charge is -2.16. The van der Waals surface area contributed by atoms with Crippen molar-refractivity contribution in [2.75, 3.05) is 19.0 Å². The number of methoxy groups -OCH3 is 1. The Bertz CT molecular complexity index is 1830. The number of halogens is 1. The number of aromatic amines is 1. The Hall–Kier alpha value is -4.74. The van der Waals surface area contributed by atoms with E-state index in [4.69, 9.17) is 21.3 Å². The maximum absolute atomic E-state index is 12.9. The monoisotopic (exact) mass is 602 g/mol. The molecule has 0 bridgehead atoms. The Morgan fingerprint density at radius 2 is 1.84 bits per heavy atom. The molecule has 2 amide bonds. The van der Waals surface area contributed by atoms with Crippen LogP contribution in [0.25, 0.3) is 22.4 Å². The molecule has 1 fully saturated rings. The minimum atomic E-state index is -0.696. The molecule has 2 aromatic heterocycles. The highest BCUT2D eigenvalue weighted by Crippen LogP contribution is 2.39. The van der Waals surface area contributed by atoms with E-state index in [1.54, 1.807) is 19.2 Å². The van der Waals surface area contributed by atoms with E-state index in [9.17, 15) is 19.2 Å². The van der Waals surface area contributed by atoms with Crippen molar-refractivity contribution in [1.29, 1.82) is 0 Å². The second-order valence-electron chi connectivity index (χ2n) is 10.3. The van der Waals surface area contributed by atoms with Crippen LogP contribution in [0.5, 0.6) is 5.88 Å². The van der Waals surface area contributed by atoms with Crippen molar-refractivity contribution in [2.45, 2.75) is 32.4 Å². The number of nitrogens with zero attached hydrogens (tertiary/aromatic N) is 2. The van der Waals surface area contributed by atoms with Crippen molar-refractivity contribution in [2.24, 2.45) is 7.05 Å². The Balaban J connectivity index is 1.39. The molecule has 1 aliphatic rings. The maximum atomic E-state index is 12.9. The van der Waals surface area contributed by atoms with Gasteiger partial charge in [-0.3, -0.25) is 19.0 Å². The van der Waals surface area contributed by atoms with Crippen LogP contribution in [0.2, 0.25) is 5.02 Å². The van der Waals surface area contributed by atoms with Crippen LogP contribution in [0, 0.1) is 6.92 Å². The van der Waals surface area contributed by atoms with Gasteiger partial charge < -0.3 is 25.7 Å². The van der Waals surface area contributed by atoms with Crippen LogP contribution in [0.4, 0.5) is 5.69 Å². The van der Waals surface area contributed by atoms with Gasteiger partial charge in [0, 0.05) is 61.2 Å². The summed E-state index contributed by atoms with van der Waals surface area (Å²) in [5.74, 6) is -0.0916. The summed E-state index contributed by atoms with van der Waals surface area (Å²) in [6.45, 7) is 3.03. The highest BCUT2D eigenvalue weighted by molar-refractivity contribution is 6.36. The SMILES string of the molecule is COc1nc(-c2cccc(-c3cccc(NC(=O)c4c[nH]c(=O)n(C)c4=O)c3C)c2Cl)ccc1CNC[C@@H]1CCC(=O)N1. The number of carbonyl (C=O) groups is 2. The Labute approximate surface area is 252 Å². The van der Waals surface area contributed by atoms with E-state index in [2.05, 4.69) is 20.9 Å². The third-order valence-electron chi connectivity index (χ3n) is 7.49. The van der Waals surface area contributed by atoms with E-state index in [0.717, 1.165) is 39.4 Å². The van der Waals surface area contributed by atoms with Gasteiger partial charge >= 0.3 is 5.69 Å². The van der Waals surface area contributed by atoms with Crippen LogP contribution >= 0.6 is 11.6 Å². The van der Waals surface area contributed by atoms with Crippen molar-refractivity contribution < 1.29 is 14.3 Å². The van der Waals surface area contributed by atoms with Gasteiger partial charge in [0.15, 0.2) is 0 Å². The first kappa shape index (κ1) is 29.7. The Kier molecular flexibility index (Phi) is 8.74. The molecule has 3 heterocycles. The lowest BCUT2D eigenvalue weighted by Crippen LogP contribution is -2.37. The fraction of sp³-hybridized carbons (Fsp3) is 0.258. The molecular formula is C31H31ClN6O5. The van der Waals surface area contributed by atoms with E-state index in [-0.39, 0.29) is 17.5 Å². The minimum Gasteiger partial charge on any atom is -0.481 e. The predicted octanol–water partition coefficient (Wildman–Crippen LogP) is 3.39. The second kappa shape index (κ2) is 12.6. The number of benzene rings is 2. The summed E-state index contributed by atoms with van der Waals surface area (Å²) in [5.41, 5.74) is 3.47. The van der Waals surface area contributed by atoms with E-state index in [0.29, 0.717) is 47.4 Å². The molecule has 0 spiro atoms. The van der Waals surface area contributed by atoms with Crippen molar-refractivity contribution in [3.8, 4) is 28.3 Å². The standard InChI is InChI=1S/C31H31ClN6O5/c1-17-20(6-5-9-24(17)36-28(40)23-16-34-31(42)38(2)30(23)41)21-7-4-8-22(27(21)32)25-12-10-18(29(37-25)43-3)14-33-15-19-11-13-26(39)35-19/h4-10,12,16,19,33H,11,13-15H2,1-3H3,(H,34,42)(H,35,39)(H,36,40)/t19-/m0/s1. The number of H-pyrrole nitrogens is 1. The number of hydrogen-bond donors (Lipinski definition) is 4. The van der Waals surface area contributed by atoms with Crippen LogP contribution in [0.15, 0.2) is 64.3 Å². The molecule has 0 radical (unpaired) electrons. The van der Waals surface area contributed by atoms with Gasteiger partial charge in [0.1, 0.15) is 5.56 Å². The zero-order valence-electron chi connectivity index (χ0n) is 23.9. The van der Waals surface area contributed by atoms with E-state index in [1.165, 1.54) is 7.05 Å². The van der Waals surface area contributed by atoms with E-state index < -0.39 is 17.2 Å². The fourth-order valence-corrected chi connectivity index (χ4v) is 5.39. The van der Waals surface area contributed by atoms with Crippen LogP contribution in [-0.2, 0) is 18.4 Å². The molecule has 0 aliphatic carbocycles. The Morgan fingerprint density at radius 3 is 2.58 bits per heavy atom. The van der Waals surface area contributed by atoms with Crippen molar-refractivity contribution >= 4 is 29.1 Å². The fourth-order valence-electron chi connectivity index (χ4n) is 5.06. The number of aromatic nitrogens is 3. The van der Waals surface area contributed by atoms with Crippen molar-refractivity contribution in [1.82, 2.24) is 25.2 Å². The number of nitrogens with one attached hydrogen (secondary N) is 4. The molecule has 4 aromatic rings. The highest BCUT2D eigenvalue weighted by atomic mass is 35.5. The van der Waals surface area contributed by atoms with Crippen molar-refractivity contribution in [3.63, 3.8) is 0 Å². The summed E-state index contributed by atoms with van der Waals surface area (Å²) in [4.78, 5) is 55.6. The van der Waals surface area contributed by atoms with Gasteiger partial charge in [-0.25, -0.2) is 9.78 Å². The van der Waals surface area contributed by atoms with Crippen LogP contribution < -0.4 is 31.9 Å². The molecule has 1 aliphatic heterocycles. The smallest absolute Gasteiger partial charge is 0.328 e. The van der Waals surface area contributed by atoms with Gasteiger partial charge in [-0.1, -0.05) is 48.0 Å². The number of amides is 2. The first-order valence-electron chi connectivity index (χ1n) is 13.7. The third kappa shape index (κ3) is 6.23. The lowest BCUT2D eigenvalue weighted by atomic mass is 9.96. The zero-order chi connectivity index (χ0) is 30.7. The topological polar surface area (TPSA) is 147 Å². The predicted molar refractivity (Wildman–Crippen MR) is 165 cm³/mol. The average molecular weight is 603 g/mol. The van der Waals surface area contributed by atoms with Crippen molar-refractivity contribution in [3.05, 3.63) is 97.3 Å². The number of rotatable bonds is 9. The number of carbonyl (C=O) groups excluding carboxylic acids is 2. The molecule has 0 saturated carbocycles. The molecule has 43 heavy (non-hydrogen) atoms. The molecule has 2 aromatic carbocycles. The molecule has 222 valence electrons. The zero-order valence-corrected chi connectivity index (χ0v) is 24.7. The molecule has 1 saturated heterocycles. The van der Waals surface area contributed by atoms with Gasteiger partial charge in [-0.2, -0.15) is 0 Å². The lowest BCUT2D eigenvalue weighted by molar-refractivity contribution is -0.119. The number of pyridine rings is 1. The number of ether oxygens (including phenoxy) is 1. The molecule has 4 N–H and O–H groups in total. The minimum absolute atomic E-state index is 0.0825. The third-order valence-corrected chi connectivity index (χ3v) is 7.90. The van der Waals surface area contributed by atoms with Gasteiger partial charge in [0.25, 0.3) is 11.5 Å². The maximum Gasteiger partial charge on any atom is 0.328 e.